The van der Waals surface area contributed by atoms with Gasteiger partial charge in [-0.3, -0.25) is 14.8 Å². The minimum absolute atomic E-state index is 0.103. The molecule has 106 valence electrons. The predicted molar refractivity (Wildman–Crippen MR) is 73.0 cm³/mol. The van der Waals surface area contributed by atoms with Gasteiger partial charge in [0.05, 0.1) is 17.6 Å². The number of hydrogen-bond donors (Lipinski definition) is 2. The second-order valence-corrected chi connectivity index (χ2v) is 4.60. The predicted octanol–water partition coefficient (Wildman–Crippen LogP) is 0.722. The molecule has 0 aliphatic carbocycles. The van der Waals surface area contributed by atoms with Crippen molar-refractivity contribution < 1.29 is 10.0 Å². The molecule has 0 spiro atoms. The van der Waals surface area contributed by atoms with Crippen LogP contribution in [0, 0.1) is 10.1 Å². The van der Waals surface area contributed by atoms with Gasteiger partial charge in [0, 0.05) is 6.04 Å². The van der Waals surface area contributed by atoms with Crippen LogP contribution in [0.3, 0.4) is 0 Å². The molecular formula is C13H16N4O3. The summed E-state index contributed by atoms with van der Waals surface area (Å²) >= 11 is 0. The van der Waals surface area contributed by atoms with Crippen LogP contribution < -0.4 is 5.73 Å². The summed E-state index contributed by atoms with van der Waals surface area (Å²) in [5.74, 6) is 0. The first-order valence-corrected chi connectivity index (χ1v) is 6.20. The zero-order valence-electron chi connectivity index (χ0n) is 10.8. The zero-order valence-corrected chi connectivity index (χ0v) is 10.8. The molecule has 0 bridgehead atoms. The summed E-state index contributed by atoms with van der Waals surface area (Å²) in [6.07, 6.45) is 2.13. The number of nitro groups is 1. The number of nitrogens with zero attached hydrogens (tertiary/aromatic N) is 3. The Bertz CT molecular complexity index is 570. The summed E-state index contributed by atoms with van der Waals surface area (Å²) in [6, 6.07) is 9.14. The Morgan fingerprint density at radius 1 is 1.40 bits per heavy atom. The molecule has 0 aliphatic heterocycles. The standard InChI is InChI=1S/C13H16N4O3/c14-12(6-10-4-2-1-3-5-10)13(18)9-16-8-11(7-15-16)17(19)20/h1-5,7-8,12-13,18H,6,9,14H2. The van der Waals surface area contributed by atoms with E-state index in [1.807, 2.05) is 30.3 Å². The minimum atomic E-state index is -0.824. The van der Waals surface area contributed by atoms with Crippen LogP contribution in [0.15, 0.2) is 42.7 Å². The highest BCUT2D eigenvalue weighted by Crippen LogP contribution is 2.10. The van der Waals surface area contributed by atoms with Gasteiger partial charge in [-0.05, 0) is 12.0 Å². The van der Waals surface area contributed by atoms with Crippen molar-refractivity contribution in [2.75, 3.05) is 0 Å². The van der Waals surface area contributed by atoms with E-state index in [4.69, 9.17) is 5.73 Å². The molecule has 2 rings (SSSR count). The molecular weight excluding hydrogens is 260 g/mol. The summed E-state index contributed by atoms with van der Waals surface area (Å²) in [5, 5.41) is 24.4. The monoisotopic (exact) mass is 276 g/mol. The highest BCUT2D eigenvalue weighted by molar-refractivity contribution is 5.20. The number of nitrogens with two attached hydrogens (primary N) is 1. The van der Waals surface area contributed by atoms with Crippen molar-refractivity contribution in [3.63, 3.8) is 0 Å². The maximum atomic E-state index is 10.5. The van der Waals surface area contributed by atoms with Crippen LogP contribution in [-0.4, -0.2) is 32.0 Å². The Morgan fingerprint density at radius 2 is 2.10 bits per heavy atom. The van der Waals surface area contributed by atoms with Gasteiger partial charge in [-0.15, -0.1) is 0 Å². The number of rotatable bonds is 6. The molecule has 3 N–H and O–H groups in total. The summed E-state index contributed by atoms with van der Waals surface area (Å²) in [6.45, 7) is 0.127. The average molecular weight is 276 g/mol. The van der Waals surface area contributed by atoms with E-state index in [0.29, 0.717) is 6.42 Å². The van der Waals surface area contributed by atoms with Crippen molar-refractivity contribution in [1.82, 2.24) is 9.78 Å². The molecule has 2 aromatic rings. The van der Waals surface area contributed by atoms with Crippen LogP contribution in [-0.2, 0) is 13.0 Å². The van der Waals surface area contributed by atoms with Crippen molar-refractivity contribution in [2.45, 2.75) is 25.1 Å². The molecule has 2 atom stereocenters. The molecule has 20 heavy (non-hydrogen) atoms. The maximum absolute atomic E-state index is 10.5. The van der Waals surface area contributed by atoms with Gasteiger partial charge in [0.1, 0.15) is 12.4 Å². The zero-order chi connectivity index (χ0) is 14.5. The number of aliphatic hydroxyl groups is 1. The quantitative estimate of drug-likeness (QED) is 0.597. The van der Waals surface area contributed by atoms with E-state index in [1.165, 1.54) is 10.9 Å². The number of aliphatic hydroxyl groups excluding tert-OH is 1. The second-order valence-electron chi connectivity index (χ2n) is 4.60. The molecule has 1 aromatic heterocycles. The minimum Gasteiger partial charge on any atom is -0.390 e. The van der Waals surface area contributed by atoms with Gasteiger partial charge in [-0.25, -0.2) is 0 Å². The topological polar surface area (TPSA) is 107 Å². The molecule has 1 aromatic carbocycles. The third kappa shape index (κ3) is 3.62. The van der Waals surface area contributed by atoms with E-state index < -0.39 is 17.1 Å². The van der Waals surface area contributed by atoms with Gasteiger partial charge in [0.15, 0.2) is 0 Å². The first-order chi connectivity index (χ1) is 9.56. The van der Waals surface area contributed by atoms with Crippen molar-refractivity contribution in [3.05, 3.63) is 58.4 Å². The molecule has 0 aliphatic rings. The van der Waals surface area contributed by atoms with Gasteiger partial charge in [0.2, 0.25) is 0 Å². The smallest absolute Gasteiger partial charge is 0.306 e. The summed E-state index contributed by atoms with van der Waals surface area (Å²) in [4.78, 5) is 10.0. The van der Waals surface area contributed by atoms with E-state index in [1.54, 1.807) is 0 Å². The Kier molecular flexibility index (Phi) is 4.44. The van der Waals surface area contributed by atoms with E-state index in [0.717, 1.165) is 11.8 Å². The van der Waals surface area contributed by atoms with Gasteiger partial charge in [-0.1, -0.05) is 30.3 Å². The first kappa shape index (κ1) is 14.2. The fourth-order valence-corrected chi connectivity index (χ4v) is 1.90. The second kappa shape index (κ2) is 6.27. The van der Waals surface area contributed by atoms with Crippen molar-refractivity contribution in [3.8, 4) is 0 Å². The Morgan fingerprint density at radius 3 is 2.70 bits per heavy atom. The van der Waals surface area contributed by atoms with Crippen molar-refractivity contribution in [1.29, 1.82) is 0 Å². The molecule has 0 saturated heterocycles. The maximum Gasteiger partial charge on any atom is 0.306 e. The van der Waals surface area contributed by atoms with Crippen LogP contribution in [0.2, 0.25) is 0 Å². The summed E-state index contributed by atoms with van der Waals surface area (Å²) < 4.78 is 1.33. The lowest BCUT2D eigenvalue weighted by Gasteiger charge is -2.18. The third-order valence-corrected chi connectivity index (χ3v) is 3.01. The molecule has 7 heteroatoms. The van der Waals surface area contributed by atoms with Crippen molar-refractivity contribution in [2.24, 2.45) is 5.73 Å². The summed E-state index contributed by atoms with van der Waals surface area (Å²) in [5.41, 5.74) is 6.87. The molecule has 0 saturated carbocycles. The lowest BCUT2D eigenvalue weighted by Crippen LogP contribution is -2.39. The van der Waals surface area contributed by atoms with Gasteiger partial charge in [0.25, 0.3) is 0 Å². The molecule has 1 heterocycles. The Hall–Kier alpha value is -2.25. The van der Waals surface area contributed by atoms with E-state index in [9.17, 15) is 15.2 Å². The SMILES string of the molecule is NC(Cc1ccccc1)C(O)Cn1cc([N+](=O)[O-])cn1. The van der Waals surface area contributed by atoms with Crippen LogP contribution in [0.4, 0.5) is 5.69 Å². The number of benzene rings is 1. The highest BCUT2D eigenvalue weighted by atomic mass is 16.6. The fraction of sp³-hybridized carbons (Fsp3) is 0.308. The first-order valence-electron chi connectivity index (χ1n) is 6.20. The lowest BCUT2D eigenvalue weighted by atomic mass is 10.0. The van der Waals surface area contributed by atoms with Crippen LogP contribution in [0.1, 0.15) is 5.56 Å². The van der Waals surface area contributed by atoms with Gasteiger partial charge in [-0.2, -0.15) is 5.10 Å². The van der Waals surface area contributed by atoms with Gasteiger partial charge >= 0.3 is 5.69 Å². The van der Waals surface area contributed by atoms with Crippen molar-refractivity contribution >= 4 is 5.69 Å². The molecule has 7 nitrogen and oxygen atoms in total. The average Bonchev–Trinajstić information content (AvgIpc) is 2.88. The molecule has 0 fully saturated rings. The Labute approximate surface area is 115 Å². The Balaban J connectivity index is 1.93. The van der Waals surface area contributed by atoms with E-state index >= 15 is 0 Å². The van der Waals surface area contributed by atoms with Gasteiger partial charge < -0.3 is 10.8 Å². The highest BCUT2D eigenvalue weighted by Gasteiger charge is 2.18. The van der Waals surface area contributed by atoms with E-state index in [-0.39, 0.29) is 12.2 Å². The van der Waals surface area contributed by atoms with E-state index in [2.05, 4.69) is 5.10 Å². The number of hydrogen-bond acceptors (Lipinski definition) is 5. The lowest BCUT2D eigenvalue weighted by molar-refractivity contribution is -0.385. The van der Waals surface area contributed by atoms with Crippen LogP contribution in [0.25, 0.3) is 0 Å². The fourth-order valence-electron chi connectivity index (χ4n) is 1.90. The molecule has 2 unspecified atom stereocenters. The van der Waals surface area contributed by atoms with Crippen LogP contribution in [0.5, 0.6) is 0 Å². The largest absolute Gasteiger partial charge is 0.390 e. The normalized spacial score (nSPS) is 13.9. The molecule has 0 amide bonds. The third-order valence-electron chi connectivity index (χ3n) is 3.01. The number of aromatic nitrogens is 2. The summed E-state index contributed by atoms with van der Waals surface area (Å²) in [7, 11) is 0. The molecule has 0 radical (unpaired) electrons. The van der Waals surface area contributed by atoms with Crippen LogP contribution >= 0.6 is 0 Å².